The second-order valence-corrected chi connectivity index (χ2v) is 6.64. The molecule has 2 aromatic heterocycles. The van der Waals surface area contributed by atoms with Crippen molar-refractivity contribution in [1.29, 1.82) is 0 Å². The average molecular weight is 395 g/mol. The molecule has 0 aliphatic heterocycles. The van der Waals surface area contributed by atoms with E-state index in [1.54, 1.807) is 55.6 Å². The number of aromatic amines is 2. The summed E-state index contributed by atoms with van der Waals surface area (Å²) in [5.74, 6) is -0.199. The van der Waals surface area contributed by atoms with Crippen LogP contribution in [-0.2, 0) is 7.05 Å². The molecule has 0 radical (unpaired) electrons. The number of aryl methyl sites for hydroxylation is 1. The van der Waals surface area contributed by atoms with Crippen LogP contribution in [0.2, 0.25) is 5.02 Å². The SMILES string of the molecule is Cn1c(=O)c(-c2[nH][nH]c(=O)c2C=Nc2ccc(Cl)cc2)c(O)c2ccccc21. The van der Waals surface area contributed by atoms with E-state index in [9.17, 15) is 14.7 Å². The van der Waals surface area contributed by atoms with Crippen molar-refractivity contribution in [2.24, 2.45) is 12.0 Å². The minimum Gasteiger partial charge on any atom is -0.506 e. The number of fused-ring (bicyclic) bond motifs is 1. The molecule has 0 saturated carbocycles. The molecular formula is C20H15ClN4O3. The third kappa shape index (κ3) is 2.91. The van der Waals surface area contributed by atoms with Gasteiger partial charge in [-0.1, -0.05) is 23.7 Å². The number of pyridine rings is 1. The maximum absolute atomic E-state index is 12.9. The number of para-hydroxylation sites is 1. The topological polar surface area (TPSA) is 103 Å². The van der Waals surface area contributed by atoms with Crippen LogP contribution in [0.4, 0.5) is 5.69 Å². The van der Waals surface area contributed by atoms with Crippen molar-refractivity contribution in [1.82, 2.24) is 14.8 Å². The summed E-state index contributed by atoms with van der Waals surface area (Å²) in [5.41, 5.74) is 0.589. The lowest BCUT2D eigenvalue weighted by atomic mass is 10.1. The van der Waals surface area contributed by atoms with Crippen LogP contribution in [0.3, 0.4) is 0 Å². The molecule has 0 atom stereocenters. The first kappa shape index (κ1) is 17.8. The first-order valence-electron chi connectivity index (χ1n) is 8.38. The number of aromatic hydroxyl groups is 1. The molecule has 0 spiro atoms. The van der Waals surface area contributed by atoms with E-state index in [2.05, 4.69) is 15.2 Å². The van der Waals surface area contributed by atoms with Gasteiger partial charge < -0.3 is 9.67 Å². The van der Waals surface area contributed by atoms with Crippen LogP contribution in [0.1, 0.15) is 5.56 Å². The minimum absolute atomic E-state index is 0.00268. The van der Waals surface area contributed by atoms with Gasteiger partial charge in [0.15, 0.2) is 0 Å². The van der Waals surface area contributed by atoms with Gasteiger partial charge >= 0.3 is 0 Å². The zero-order valence-electron chi connectivity index (χ0n) is 14.7. The Morgan fingerprint density at radius 1 is 1.07 bits per heavy atom. The van der Waals surface area contributed by atoms with Gasteiger partial charge in [0, 0.05) is 23.7 Å². The van der Waals surface area contributed by atoms with Gasteiger partial charge in [-0.05, 0) is 36.4 Å². The van der Waals surface area contributed by atoms with E-state index in [1.807, 2.05) is 0 Å². The number of H-pyrrole nitrogens is 2. The lowest BCUT2D eigenvalue weighted by molar-refractivity contribution is 0.481. The maximum Gasteiger partial charge on any atom is 0.273 e. The monoisotopic (exact) mass is 394 g/mol. The first-order chi connectivity index (χ1) is 13.5. The highest BCUT2D eigenvalue weighted by Crippen LogP contribution is 2.32. The number of aromatic nitrogens is 3. The number of halogens is 1. The fourth-order valence-electron chi connectivity index (χ4n) is 3.06. The lowest BCUT2D eigenvalue weighted by Gasteiger charge is -2.11. The summed E-state index contributed by atoms with van der Waals surface area (Å²) in [5, 5.41) is 17.0. The number of benzene rings is 2. The Morgan fingerprint density at radius 3 is 2.54 bits per heavy atom. The van der Waals surface area contributed by atoms with Crippen LogP contribution in [0.5, 0.6) is 5.75 Å². The van der Waals surface area contributed by atoms with E-state index in [-0.39, 0.29) is 22.6 Å². The number of nitrogens with zero attached hydrogens (tertiary/aromatic N) is 2. The Bertz CT molecular complexity index is 1330. The predicted octanol–water partition coefficient (Wildman–Crippen LogP) is 3.33. The number of hydrogen-bond donors (Lipinski definition) is 3. The lowest BCUT2D eigenvalue weighted by Crippen LogP contribution is -2.20. The highest BCUT2D eigenvalue weighted by molar-refractivity contribution is 6.30. The molecule has 0 amide bonds. The zero-order chi connectivity index (χ0) is 19.8. The van der Waals surface area contributed by atoms with E-state index in [0.29, 0.717) is 21.6 Å². The van der Waals surface area contributed by atoms with Gasteiger partial charge in [0.05, 0.1) is 22.5 Å². The third-order valence-corrected chi connectivity index (χ3v) is 4.76. The Hall–Kier alpha value is -3.58. The van der Waals surface area contributed by atoms with Crippen LogP contribution in [-0.4, -0.2) is 26.1 Å². The van der Waals surface area contributed by atoms with Gasteiger partial charge in [0.1, 0.15) is 11.3 Å². The van der Waals surface area contributed by atoms with Crippen molar-refractivity contribution >= 4 is 34.4 Å². The number of aliphatic imine (C=N–C) groups is 1. The smallest absolute Gasteiger partial charge is 0.273 e. The summed E-state index contributed by atoms with van der Waals surface area (Å²) in [6.45, 7) is 0. The van der Waals surface area contributed by atoms with Gasteiger partial charge in [-0.25, -0.2) is 0 Å². The van der Waals surface area contributed by atoms with Crippen molar-refractivity contribution in [3.05, 3.63) is 79.8 Å². The molecular weight excluding hydrogens is 380 g/mol. The molecule has 2 aromatic carbocycles. The number of hydrogen-bond acceptors (Lipinski definition) is 4. The summed E-state index contributed by atoms with van der Waals surface area (Å²) >= 11 is 5.86. The van der Waals surface area contributed by atoms with Crippen molar-refractivity contribution in [2.75, 3.05) is 0 Å². The second-order valence-electron chi connectivity index (χ2n) is 6.21. The Morgan fingerprint density at radius 2 is 1.79 bits per heavy atom. The van der Waals surface area contributed by atoms with Crippen molar-refractivity contribution in [3.63, 3.8) is 0 Å². The average Bonchev–Trinajstić information content (AvgIpc) is 3.06. The van der Waals surface area contributed by atoms with Crippen LogP contribution in [0.25, 0.3) is 22.2 Å². The summed E-state index contributed by atoms with van der Waals surface area (Å²) < 4.78 is 1.43. The van der Waals surface area contributed by atoms with Gasteiger partial charge in [-0.15, -0.1) is 0 Å². The summed E-state index contributed by atoms with van der Waals surface area (Å²) in [6, 6.07) is 13.8. The molecule has 4 aromatic rings. The fraction of sp³-hybridized carbons (Fsp3) is 0.0500. The number of rotatable bonds is 3. The highest BCUT2D eigenvalue weighted by Gasteiger charge is 2.21. The van der Waals surface area contributed by atoms with E-state index >= 15 is 0 Å². The third-order valence-electron chi connectivity index (χ3n) is 4.51. The van der Waals surface area contributed by atoms with Crippen molar-refractivity contribution in [2.45, 2.75) is 0 Å². The minimum atomic E-state index is -0.456. The predicted molar refractivity (Wildman–Crippen MR) is 110 cm³/mol. The molecule has 140 valence electrons. The molecule has 8 heteroatoms. The Balaban J connectivity index is 1.91. The molecule has 0 saturated heterocycles. The normalized spacial score (nSPS) is 11.5. The van der Waals surface area contributed by atoms with E-state index in [0.717, 1.165) is 0 Å². The fourth-order valence-corrected chi connectivity index (χ4v) is 3.18. The molecule has 0 fully saturated rings. The molecule has 0 bridgehead atoms. The zero-order valence-corrected chi connectivity index (χ0v) is 15.5. The quantitative estimate of drug-likeness (QED) is 0.464. The van der Waals surface area contributed by atoms with Gasteiger partial charge in [0.25, 0.3) is 11.1 Å². The summed E-state index contributed by atoms with van der Waals surface area (Å²) in [4.78, 5) is 29.4. The van der Waals surface area contributed by atoms with Crippen LogP contribution >= 0.6 is 11.6 Å². The maximum atomic E-state index is 12.9. The molecule has 0 aliphatic carbocycles. The van der Waals surface area contributed by atoms with Crippen LogP contribution in [0, 0.1) is 0 Å². The molecule has 7 nitrogen and oxygen atoms in total. The van der Waals surface area contributed by atoms with Crippen LogP contribution < -0.4 is 11.1 Å². The molecule has 0 aliphatic rings. The Labute approximate surface area is 163 Å². The standard InChI is InChI=1S/C20H15ClN4O3/c1-25-15-5-3-2-4-13(15)18(26)16(20(25)28)17-14(19(27)24-23-17)10-22-12-8-6-11(21)7-9-12/h2-10,26H,1H3,(H2,23,24,27). The molecule has 2 heterocycles. The van der Waals surface area contributed by atoms with E-state index < -0.39 is 11.1 Å². The van der Waals surface area contributed by atoms with Crippen LogP contribution in [0.15, 0.2) is 63.1 Å². The van der Waals surface area contributed by atoms with Gasteiger partial charge in [-0.3, -0.25) is 24.8 Å². The van der Waals surface area contributed by atoms with Gasteiger partial charge in [0.2, 0.25) is 0 Å². The highest BCUT2D eigenvalue weighted by atomic mass is 35.5. The molecule has 0 unspecified atom stereocenters. The first-order valence-corrected chi connectivity index (χ1v) is 8.76. The van der Waals surface area contributed by atoms with Crippen molar-refractivity contribution in [3.8, 4) is 17.0 Å². The molecule has 4 rings (SSSR count). The van der Waals surface area contributed by atoms with E-state index in [1.165, 1.54) is 10.8 Å². The largest absolute Gasteiger partial charge is 0.506 e. The molecule has 28 heavy (non-hydrogen) atoms. The Kier molecular flexibility index (Phi) is 4.37. The van der Waals surface area contributed by atoms with Crippen molar-refractivity contribution < 1.29 is 5.11 Å². The number of nitrogens with one attached hydrogen (secondary N) is 2. The van der Waals surface area contributed by atoms with E-state index in [4.69, 9.17) is 11.6 Å². The second kappa shape index (κ2) is 6.86. The summed E-state index contributed by atoms with van der Waals surface area (Å²) in [6.07, 6.45) is 1.35. The molecule has 3 N–H and O–H groups in total. The summed E-state index contributed by atoms with van der Waals surface area (Å²) in [7, 11) is 1.61. The van der Waals surface area contributed by atoms with Gasteiger partial charge in [-0.2, -0.15) is 0 Å².